The second-order valence-electron chi connectivity index (χ2n) is 5.32. The fourth-order valence-corrected chi connectivity index (χ4v) is 2.53. The fourth-order valence-electron chi connectivity index (χ4n) is 2.53. The number of para-hydroxylation sites is 2. The molecular formula is C18H21NO4. The van der Waals surface area contributed by atoms with Crippen LogP contribution >= 0.6 is 0 Å². The summed E-state index contributed by atoms with van der Waals surface area (Å²) in [5, 5.41) is 3.39. The molecule has 1 aliphatic heterocycles. The molecule has 0 saturated carbocycles. The average molecular weight is 315 g/mol. The normalized spacial score (nSPS) is 16.0. The molecule has 0 fully saturated rings. The molecule has 0 amide bonds. The maximum atomic E-state index is 5.92. The summed E-state index contributed by atoms with van der Waals surface area (Å²) in [4.78, 5) is 0. The highest BCUT2D eigenvalue weighted by atomic mass is 16.6. The van der Waals surface area contributed by atoms with Gasteiger partial charge in [-0.25, -0.2) is 0 Å². The van der Waals surface area contributed by atoms with Crippen LogP contribution in [0.2, 0.25) is 0 Å². The van der Waals surface area contributed by atoms with Crippen LogP contribution in [0.5, 0.6) is 23.0 Å². The Labute approximate surface area is 136 Å². The number of ether oxygens (including phenoxy) is 4. The first kappa shape index (κ1) is 15.5. The van der Waals surface area contributed by atoms with Gasteiger partial charge in [-0.15, -0.1) is 0 Å². The average Bonchev–Trinajstić information content (AvgIpc) is 2.61. The van der Waals surface area contributed by atoms with Gasteiger partial charge in [-0.1, -0.05) is 18.2 Å². The molecule has 1 heterocycles. The summed E-state index contributed by atoms with van der Waals surface area (Å²) in [7, 11) is 3.27. The molecule has 2 aromatic rings. The van der Waals surface area contributed by atoms with Crippen molar-refractivity contribution >= 4 is 0 Å². The van der Waals surface area contributed by atoms with E-state index in [0.29, 0.717) is 13.2 Å². The lowest BCUT2D eigenvalue weighted by molar-refractivity contribution is 0.0902. The monoisotopic (exact) mass is 315 g/mol. The Morgan fingerprint density at radius 2 is 1.83 bits per heavy atom. The van der Waals surface area contributed by atoms with Crippen molar-refractivity contribution in [2.24, 2.45) is 0 Å². The van der Waals surface area contributed by atoms with Crippen LogP contribution in [-0.2, 0) is 6.54 Å². The van der Waals surface area contributed by atoms with Crippen molar-refractivity contribution in [3.63, 3.8) is 0 Å². The molecule has 0 bridgehead atoms. The number of hydrogen-bond acceptors (Lipinski definition) is 5. The Morgan fingerprint density at radius 1 is 1.04 bits per heavy atom. The molecule has 1 aliphatic rings. The van der Waals surface area contributed by atoms with Crippen LogP contribution < -0.4 is 24.3 Å². The van der Waals surface area contributed by atoms with E-state index in [0.717, 1.165) is 35.1 Å². The lowest BCUT2D eigenvalue weighted by atomic mass is 10.2. The topological polar surface area (TPSA) is 49.0 Å². The van der Waals surface area contributed by atoms with Gasteiger partial charge in [-0.05, 0) is 29.8 Å². The molecule has 1 atom stereocenters. The van der Waals surface area contributed by atoms with Gasteiger partial charge in [0.2, 0.25) is 0 Å². The van der Waals surface area contributed by atoms with E-state index in [1.807, 2.05) is 42.5 Å². The molecule has 2 aromatic carbocycles. The third-order valence-electron chi connectivity index (χ3n) is 3.72. The van der Waals surface area contributed by atoms with Crippen molar-refractivity contribution in [1.29, 1.82) is 0 Å². The van der Waals surface area contributed by atoms with Crippen molar-refractivity contribution < 1.29 is 18.9 Å². The summed E-state index contributed by atoms with van der Waals surface area (Å²) in [5.41, 5.74) is 1.12. The highest BCUT2D eigenvalue weighted by Gasteiger charge is 2.19. The van der Waals surface area contributed by atoms with Gasteiger partial charge in [0.25, 0.3) is 0 Å². The standard InChI is InChI=1S/C18H21NO4/c1-20-15-8-7-13(9-18(15)21-2)10-19-11-14-12-22-16-5-3-4-6-17(16)23-14/h3-9,14,19H,10-12H2,1-2H3/t14-/m0/s1. The number of rotatable bonds is 6. The van der Waals surface area contributed by atoms with Crippen LogP contribution in [0.1, 0.15) is 5.56 Å². The fraction of sp³-hybridized carbons (Fsp3) is 0.333. The second kappa shape index (κ2) is 7.24. The van der Waals surface area contributed by atoms with Crippen LogP contribution in [0, 0.1) is 0 Å². The molecule has 122 valence electrons. The van der Waals surface area contributed by atoms with Crippen LogP contribution in [0.3, 0.4) is 0 Å². The first-order chi connectivity index (χ1) is 11.3. The Morgan fingerprint density at radius 3 is 2.61 bits per heavy atom. The molecule has 0 aliphatic carbocycles. The summed E-state index contributed by atoms with van der Waals surface area (Å²) in [6, 6.07) is 13.6. The zero-order chi connectivity index (χ0) is 16.1. The number of hydrogen-bond donors (Lipinski definition) is 1. The molecule has 1 N–H and O–H groups in total. The maximum Gasteiger partial charge on any atom is 0.161 e. The predicted octanol–water partition coefficient (Wildman–Crippen LogP) is 2.63. The van der Waals surface area contributed by atoms with E-state index in [-0.39, 0.29) is 6.10 Å². The van der Waals surface area contributed by atoms with Gasteiger partial charge < -0.3 is 24.3 Å². The van der Waals surface area contributed by atoms with Gasteiger partial charge in [0.15, 0.2) is 23.0 Å². The van der Waals surface area contributed by atoms with Gasteiger partial charge in [0, 0.05) is 13.1 Å². The van der Waals surface area contributed by atoms with Gasteiger partial charge in [0.1, 0.15) is 12.7 Å². The summed E-state index contributed by atoms with van der Waals surface area (Å²) in [6.45, 7) is 1.99. The quantitative estimate of drug-likeness (QED) is 0.888. The highest BCUT2D eigenvalue weighted by Crippen LogP contribution is 2.31. The van der Waals surface area contributed by atoms with E-state index in [1.54, 1.807) is 14.2 Å². The van der Waals surface area contributed by atoms with E-state index < -0.39 is 0 Å². The zero-order valence-corrected chi connectivity index (χ0v) is 13.4. The summed E-state index contributed by atoms with van der Waals surface area (Å²) in [5.74, 6) is 3.08. The zero-order valence-electron chi connectivity index (χ0n) is 13.4. The Bertz CT molecular complexity index is 659. The lowest BCUT2D eigenvalue weighted by Gasteiger charge is -2.26. The van der Waals surface area contributed by atoms with Crippen LogP contribution in [0.4, 0.5) is 0 Å². The van der Waals surface area contributed by atoms with Gasteiger partial charge in [-0.3, -0.25) is 0 Å². The highest BCUT2D eigenvalue weighted by molar-refractivity contribution is 5.43. The predicted molar refractivity (Wildman–Crippen MR) is 87.6 cm³/mol. The molecule has 0 unspecified atom stereocenters. The molecule has 0 spiro atoms. The minimum atomic E-state index is 0.00467. The van der Waals surface area contributed by atoms with Crippen molar-refractivity contribution in [3.8, 4) is 23.0 Å². The molecule has 0 saturated heterocycles. The number of methoxy groups -OCH3 is 2. The first-order valence-corrected chi connectivity index (χ1v) is 7.60. The minimum absolute atomic E-state index is 0.00467. The van der Waals surface area contributed by atoms with Gasteiger partial charge in [0.05, 0.1) is 14.2 Å². The van der Waals surface area contributed by atoms with Crippen molar-refractivity contribution in [1.82, 2.24) is 5.32 Å². The molecule has 0 aromatic heterocycles. The molecule has 5 heteroatoms. The summed E-state index contributed by atoms with van der Waals surface area (Å²) < 4.78 is 22.2. The summed E-state index contributed by atoms with van der Waals surface area (Å²) in [6.07, 6.45) is 0.00467. The molecule has 0 radical (unpaired) electrons. The van der Waals surface area contributed by atoms with E-state index in [4.69, 9.17) is 18.9 Å². The minimum Gasteiger partial charge on any atom is -0.493 e. The lowest BCUT2D eigenvalue weighted by Crippen LogP contribution is -2.38. The largest absolute Gasteiger partial charge is 0.493 e. The van der Waals surface area contributed by atoms with Gasteiger partial charge >= 0.3 is 0 Å². The van der Waals surface area contributed by atoms with Crippen molar-refractivity contribution in [3.05, 3.63) is 48.0 Å². The second-order valence-corrected chi connectivity index (χ2v) is 5.32. The van der Waals surface area contributed by atoms with Crippen molar-refractivity contribution in [2.45, 2.75) is 12.6 Å². The molecule has 3 rings (SSSR count). The molecule has 5 nitrogen and oxygen atoms in total. The van der Waals surface area contributed by atoms with E-state index in [2.05, 4.69) is 5.32 Å². The summed E-state index contributed by atoms with van der Waals surface area (Å²) >= 11 is 0. The Balaban J connectivity index is 1.52. The molecular weight excluding hydrogens is 294 g/mol. The van der Waals surface area contributed by atoms with Gasteiger partial charge in [-0.2, -0.15) is 0 Å². The maximum absolute atomic E-state index is 5.92. The van der Waals surface area contributed by atoms with Crippen LogP contribution in [0.25, 0.3) is 0 Å². The Kier molecular flexibility index (Phi) is 4.88. The van der Waals surface area contributed by atoms with Crippen molar-refractivity contribution in [2.75, 3.05) is 27.4 Å². The number of nitrogens with one attached hydrogen (secondary N) is 1. The SMILES string of the molecule is COc1ccc(CNC[C@H]2COc3ccccc3O2)cc1OC. The van der Waals surface area contributed by atoms with E-state index in [1.165, 1.54) is 0 Å². The Hall–Kier alpha value is -2.40. The van der Waals surface area contributed by atoms with E-state index in [9.17, 15) is 0 Å². The number of benzene rings is 2. The van der Waals surface area contributed by atoms with Crippen LogP contribution in [0.15, 0.2) is 42.5 Å². The van der Waals surface area contributed by atoms with E-state index >= 15 is 0 Å². The smallest absolute Gasteiger partial charge is 0.161 e. The molecule has 23 heavy (non-hydrogen) atoms. The first-order valence-electron chi connectivity index (χ1n) is 7.60. The van der Waals surface area contributed by atoms with Crippen LogP contribution in [-0.4, -0.2) is 33.5 Å². The third-order valence-corrected chi connectivity index (χ3v) is 3.72. The number of fused-ring (bicyclic) bond motifs is 1. The third kappa shape index (κ3) is 3.68.